The number of halogens is 1. The highest BCUT2D eigenvalue weighted by Gasteiger charge is 2.35. The number of methoxy groups -OCH3 is 1. The average Bonchev–Trinajstić information content (AvgIpc) is 3.09. The lowest BCUT2D eigenvalue weighted by Gasteiger charge is -2.29. The topological polar surface area (TPSA) is 87.5 Å². The van der Waals surface area contributed by atoms with Crippen molar-refractivity contribution in [2.24, 2.45) is 0 Å². The monoisotopic (exact) mass is 450 g/mol. The van der Waals surface area contributed by atoms with Crippen LogP contribution in [0.15, 0.2) is 34.2 Å². The summed E-state index contributed by atoms with van der Waals surface area (Å²) in [6, 6.07) is 3.21. The van der Waals surface area contributed by atoms with Crippen molar-refractivity contribution in [1.29, 1.82) is 0 Å². The molecule has 0 radical (unpaired) electrons. The standard InChI is InChI=1S/C19H23BrN4O4/c1-6-27-17-13(20)7-12(8-14(17)26-5)16-15(18(25)28-10(2)3)11(4)23-19-21-9-22-24(16)19/h7-10,16H,6H2,1-5H3,(H,21,22,23)/t16-/m1/s1. The number of hydrogen-bond donors (Lipinski definition) is 1. The van der Waals surface area contributed by atoms with E-state index in [0.29, 0.717) is 35.3 Å². The second-order valence-electron chi connectivity index (χ2n) is 6.52. The third kappa shape index (κ3) is 3.71. The van der Waals surface area contributed by atoms with E-state index in [1.165, 1.54) is 6.33 Å². The lowest BCUT2D eigenvalue weighted by molar-refractivity contribution is -0.143. The summed E-state index contributed by atoms with van der Waals surface area (Å²) in [7, 11) is 1.58. The van der Waals surface area contributed by atoms with Crippen LogP contribution in [-0.4, -0.2) is 40.6 Å². The quantitative estimate of drug-likeness (QED) is 0.671. The van der Waals surface area contributed by atoms with Gasteiger partial charge in [0.25, 0.3) is 0 Å². The van der Waals surface area contributed by atoms with Crippen LogP contribution in [0.25, 0.3) is 0 Å². The van der Waals surface area contributed by atoms with E-state index in [4.69, 9.17) is 14.2 Å². The summed E-state index contributed by atoms with van der Waals surface area (Å²) < 4.78 is 19.1. The van der Waals surface area contributed by atoms with Gasteiger partial charge in [0.2, 0.25) is 5.95 Å². The molecule has 1 aliphatic rings. The molecule has 0 fully saturated rings. The molecule has 0 saturated heterocycles. The Hall–Kier alpha value is -2.55. The van der Waals surface area contributed by atoms with Gasteiger partial charge in [-0.1, -0.05) is 0 Å². The smallest absolute Gasteiger partial charge is 0.338 e. The van der Waals surface area contributed by atoms with Crippen molar-refractivity contribution >= 4 is 27.8 Å². The minimum absolute atomic E-state index is 0.243. The van der Waals surface area contributed by atoms with Gasteiger partial charge < -0.3 is 19.5 Å². The molecule has 1 aromatic heterocycles. The van der Waals surface area contributed by atoms with Gasteiger partial charge in [-0.3, -0.25) is 0 Å². The summed E-state index contributed by atoms with van der Waals surface area (Å²) >= 11 is 3.55. The van der Waals surface area contributed by atoms with Crippen molar-refractivity contribution in [3.63, 3.8) is 0 Å². The van der Waals surface area contributed by atoms with Gasteiger partial charge in [-0.2, -0.15) is 10.1 Å². The molecule has 0 amide bonds. The number of rotatable bonds is 6. The first-order chi connectivity index (χ1) is 13.4. The van der Waals surface area contributed by atoms with E-state index in [1.54, 1.807) is 11.8 Å². The number of allylic oxidation sites excluding steroid dienone is 1. The fourth-order valence-corrected chi connectivity index (χ4v) is 3.70. The molecule has 0 unspecified atom stereocenters. The molecule has 0 aliphatic carbocycles. The number of nitrogens with zero attached hydrogens (tertiary/aromatic N) is 3. The number of anilines is 1. The van der Waals surface area contributed by atoms with Gasteiger partial charge in [0.05, 0.1) is 29.9 Å². The SMILES string of the molecule is CCOc1c(Br)cc([C@@H]2C(C(=O)OC(C)C)=C(C)Nc3ncnn32)cc1OC. The minimum Gasteiger partial charge on any atom is -0.493 e. The normalized spacial score (nSPS) is 15.9. The molecule has 0 bridgehead atoms. The molecule has 0 saturated carbocycles. The van der Waals surface area contributed by atoms with E-state index in [1.807, 2.05) is 39.8 Å². The lowest BCUT2D eigenvalue weighted by atomic mass is 9.95. The number of benzene rings is 1. The Labute approximate surface area is 172 Å². The molecule has 28 heavy (non-hydrogen) atoms. The maximum atomic E-state index is 12.9. The van der Waals surface area contributed by atoms with Crippen LogP contribution in [0.2, 0.25) is 0 Å². The van der Waals surface area contributed by atoms with Crippen LogP contribution in [-0.2, 0) is 9.53 Å². The maximum Gasteiger partial charge on any atom is 0.338 e. The summed E-state index contributed by atoms with van der Waals surface area (Å²) in [5.74, 6) is 1.30. The summed E-state index contributed by atoms with van der Waals surface area (Å²) in [6.07, 6.45) is 1.20. The molecule has 1 aliphatic heterocycles. The van der Waals surface area contributed by atoms with Gasteiger partial charge in [0.15, 0.2) is 11.5 Å². The first-order valence-electron chi connectivity index (χ1n) is 8.95. The Morgan fingerprint density at radius 3 is 2.79 bits per heavy atom. The second kappa shape index (κ2) is 8.22. The molecule has 2 heterocycles. The molecule has 1 aromatic carbocycles. The van der Waals surface area contributed by atoms with Crippen LogP contribution in [0.5, 0.6) is 11.5 Å². The second-order valence-corrected chi connectivity index (χ2v) is 7.37. The number of nitrogens with one attached hydrogen (secondary N) is 1. The molecule has 9 heteroatoms. The van der Waals surface area contributed by atoms with Gasteiger partial charge >= 0.3 is 5.97 Å². The number of hydrogen-bond acceptors (Lipinski definition) is 7. The van der Waals surface area contributed by atoms with Gasteiger partial charge in [-0.05, 0) is 61.3 Å². The molecule has 150 valence electrons. The zero-order chi connectivity index (χ0) is 20.4. The van der Waals surface area contributed by atoms with Gasteiger partial charge in [-0.15, -0.1) is 0 Å². The zero-order valence-electron chi connectivity index (χ0n) is 16.4. The van der Waals surface area contributed by atoms with Gasteiger partial charge in [0, 0.05) is 5.70 Å². The van der Waals surface area contributed by atoms with Crippen LogP contribution in [0, 0.1) is 0 Å². The highest BCUT2D eigenvalue weighted by Crippen LogP contribution is 2.42. The molecular formula is C19H23BrN4O4. The summed E-state index contributed by atoms with van der Waals surface area (Å²) in [5, 5.41) is 7.44. The lowest BCUT2D eigenvalue weighted by Crippen LogP contribution is -2.30. The van der Waals surface area contributed by atoms with Gasteiger partial charge in [0.1, 0.15) is 12.4 Å². The molecule has 1 atom stereocenters. The van der Waals surface area contributed by atoms with Crippen molar-refractivity contribution in [2.45, 2.75) is 39.8 Å². The van der Waals surface area contributed by atoms with E-state index >= 15 is 0 Å². The molecule has 2 aromatic rings. The number of carbonyl (C=O) groups is 1. The van der Waals surface area contributed by atoms with Crippen LogP contribution in [0.3, 0.4) is 0 Å². The van der Waals surface area contributed by atoms with E-state index < -0.39 is 12.0 Å². The Kier molecular flexibility index (Phi) is 5.93. The third-order valence-electron chi connectivity index (χ3n) is 4.21. The predicted molar refractivity (Wildman–Crippen MR) is 108 cm³/mol. The van der Waals surface area contributed by atoms with Crippen LogP contribution in [0.1, 0.15) is 39.3 Å². The van der Waals surface area contributed by atoms with Crippen molar-refractivity contribution in [3.05, 3.63) is 39.8 Å². The Balaban J connectivity index is 2.16. The molecule has 8 nitrogen and oxygen atoms in total. The minimum atomic E-state index is -0.522. The van der Waals surface area contributed by atoms with Crippen molar-refractivity contribution in [2.75, 3.05) is 19.0 Å². The average molecular weight is 451 g/mol. The van der Waals surface area contributed by atoms with Crippen LogP contribution in [0.4, 0.5) is 5.95 Å². The van der Waals surface area contributed by atoms with Crippen molar-refractivity contribution < 1.29 is 19.0 Å². The Bertz CT molecular complexity index is 923. The first-order valence-corrected chi connectivity index (χ1v) is 9.75. The number of fused-ring (bicyclic) bond motifs is 1. The Morgan fingerprint density at radius 2 is 2.14 bits per heavy atom. The maximum absolute atomic E-state index is 12.9. The predicted octanol–water partition coefficient (Wildman–Crippen LogP) is 3.69. The summed E-state index contributed by atoms with van der Waals surface area (Å²) in [4.78, 5) is 17.1. The van der Waals surface area contributed by atoms with Gasteiger partial charge in [-0.25, -0.2) is 9.48 Å². The molecule has 3 rings (SSSR count). The number of aromatic nitrogens is 3. The Morgan fingerprint density at radius 1 is 1.39 bits per heavy atom. The summed E-state index contributed by atoms with van der Waals surface area (Å²) in [6.45, 7) is 7.86. The van der Waals surface area contributed by atoms with E-state index in [9.17, 15) is 4.79 Å². The number of carbonyl (C=O) groups excluding carboxylic acids is 1. The fraction of sp³-hybridized carbons (Fsp3) is 0.421. The molecule has 0 spiro atoms. The fourth-order valence-electron chi connectivity index (χ4n) is 3.12. The van der Waals surface area contributed by atoms with E-state index in [0.717, 1.165) is 10.0 Å². The zero-order valence-corrected chi connectivity index (χ0v) is 18.0. The van der Waals surface area contributed by atoms with Crippen molar-refractivity contribution in [3.8, 4) is 11.5 Å². The van der Waals surface area contributed by atoms with E-state index in [-0.39, 0.29) is 6.10 Å². The highest BCUT2D eigenvalue weighted by molar-refractivity contribution is 9.10. The molecular weight excluding hydrogens is 428 g/mol. The molecule has 1 N–H and O–H groups in total. The van der Waals surface area contributed by atoms with E-state index in [2.05, 4.69) is 31.3 Å². The highest BCUT2D eigenvalue weighted by atomic mass is 79.9. The number of esters is 1. The number of ether oxygens (including phenoxy) is 3. The van der Waals surface area contributed by atoms with Crippen LogP contribution >= 0.6 is 15.9 Å². The first kappa shape index (κ1) is 20.2. The van der Waals surface area contributed by atoms with Crippen LogP contribution < -0.4 is 14.8 Å². The summed E-state index contributed by atoms with van der Waals surface area (Å²) in [5.41, 5.74) is 1.92. The van der Waals surface area contributed by atoms with Crippen molar-refractivity contribution in [1.82, 2.24) is 14.8 Å². The third-order valence-corrected chi connectivity index (χ3v) is 4.80. The largest absolute Gasteiger partial charge is 0.493 e.